The number of aryl methyl sites for hydroxylation is 2. The Bertz CT molecular complexity index is 1010. The number of nitrogens with one attached hydrogen (secondary N) is 2. The summed E-state index contributed by atoms with van der Waals surface area (Å²) in [5.74, 6) is -0.615. The summed E-state index contributed by atoms with van der Waals surface area (Å²) in [7, 11) is 0. The van der Waals surface area contributed by atoms with Crippen LogP contribution in [0.4, 0.5) is 10.1 Å². The van der Waals surface area contributed by atoms with Crippen LogP contribution in [0.3, 0.4) is 0 Å². The summed E-state index contributed by atoms with van der Waals surface area (Å²) in [6.07, 6.45) is 0.440. The van der Waals surface area contributed by atoms with Crippen LogP contribution in [0.25, 0.3) is 10.9 Å². The minimum absolute atomic E-state index is 0.154. The van der Waals surface area contributed by atoms with Gasteiger partial charge in [-0.15, -0.1) is 0 Å². The highest BCUT2D eigenvalue weighted by atomic mass is 35.5. The topological polar surface area (TPSA) is 62.0 Å². The van der Waals surface area contributed by atoms with E-state index in [1.54, 1.807) is 24.3 Å². The number of aromatic amines is 1. The molecule has 0 aliphatic rings. The van der Waals surface area contributed by atoms with Crippen LogP contribution in [0.1, 0.15) is 17.5 Å². The van der Waals surface area contributed by atoms with Crippen LogP contribution in [0.2, 0.25) is 5.02 Å². The molecule has 0 spiro atoms. The van der Waals surface area contributed by atoms with Crippen molar-refractivity contribution in [1.29, 1.82) is 0 Å². The Morgan fingerprint density at radius 2 is 2.00 bits per heavy atom. The Kier molecular flexibility index (Phi) is 4.86. The number of carbonyl (C=O) groups is 1. The van der Waals surface area contributed by atoms with Crippen LogP contribution in [0, 0.1) is 12.7 Å². The lowest BCUT2D eigenvalue weighted by Gasteiger charge is -2.09. The molecular weight excluding hydrogens is 343 g/mol. The summed E-state index contributed by atoms with van der Waals surface area (Å²) in [6, 6.07) is 11.2. The Balaban J connectivity index is 1.72. The molecule has 0 aliphatic carbocycles. The molecule has 0 unspecified atom stereocenters. The maximum Gasteiger partial charge on any atom is 0.251 e. The van der Waals surface area contributed by atoms with Gasteiger partial charge in [-0.05, 0) is 60.7 Å². The van der Waals surface area contributed by atoms with E-state index in [1.807, 2.05) is 13.0 Å². The average molecular weight is 359 g/mol. The van der Waals surface area contributed by atoms with Crippen molar-refractivity contribution < 1.29 is 9.18 Å². The molecule has 128 valence electrons. The first-order valence-corrected chi connectivity index (χ1v) is 8.17. The predicted molar refractivity (Wildman–Crippen MR) is 97.7 cm³/mol. The molecule has 0 aliphatic heterocycles. The van der Waals surface area contributed by atoms with Gasteiger partial charge in [0.1, 0.15) is 5.82 Å². The molecular formula is C19H16ClFN2O2. The van der Waals surface area contributed by atoms with Gasteiger partial charge in [-0.1, -0.05) is 17.7 Å². The molecule has 25 heavy (non-hydrogen) atoms. The van der Waals surface area contributed by atoms with Crippen molar-refractivity contribution in [1.82, 2.24) is 4.98 Å². The summed E-state index contributed by atoms with van der Waals surface area (Å²) < 4.78 is 13.2. The molecule has 6 heteroatoms. The van der Waals surface area contributed by atoms with Gasteiger partial charge in [0.15, 0.2) is 0 Å². The lowest BCUT2D eigenvalue weighted by atomic mass is 10.1. The zero-order valence-electron chi connectivity index (χ0n) is 13.5. The van der Waals surface area contributed by atoms with Gasteiger partial charge < -0.3 is 10.3 Å². The normalized spacial score (nSPS) is 10.8. The molecule has 3 aromatic rings. The second-order valence-corrected chi connectivity index (χ2v) is 6.30. The van der Waals surface area contributed by atoms with E-state index >= 15 is 0 Å². The van der Waals surface area contributed by atoms with Crippen LogP contribution < -0.4 is 10.9 Å². The number of amides is 1. The van der Waals surface area contributed by atoms with E-state index in [-0.39, 0.29) is 24.3 Å². The fourth-order valence-corrected chi connectivity index (χ4v) is 2.77. The lowest BCUT2D eigenvalue weighted by Crippen LogP contribution is -2.17. The smallest absolute Gasteiger partial charge is 0.251 e. The molecule has 0 fully saturated rings. The molecule has 2 aromatic carbocycles. The highest BCUT2D eigenvalue weighted by molar-refractivity contribution is 6.31. The molecule has 3 rings (SSSR count). The summed E-state index contributed by atoms with van der Waals surface area (Å²) in [4.78, 5) is 26.9. The van der Waals surface area contributed by atoms with Crippen molar-refractivity contribution in [3.63, 3.8) is 0 Å². The highest BCUT2D eigenvalue weighted by Gasteiger charge is 2.09. The third kappa shape index (κ3) is 4.06. The Morgan fingerprint density at radius 1 is 1.20 bits per heavy atom. The van der Waals surface area contributed by atoms with E-state index in [0.29, 0.717) is 21.8 Å². The maximum atomic E-state index is 13.2. The fourth-order valence-electron chi connectivity index (χ4n) is 2.59. The SMILES string of the molecule is Cc1ccc(Cl)cc1NC(=O)CCc1cc2ccc(F)cc2[nH]c1=O. The van der Waals surface area contributed by atoms with Crippen LogP contribution >= 0.6 is 11.6 Å². The largest absolute Gasteiger partial charge is 0.326 e. The third-order valence-corrected chi connectivity index (χ3v) is 4.22. The van der Waals surface area contributed by atoms with Crippen LogP contribution in [-0.4, -0.2) is 10.9 Å². The molecule has 0 bridgehead atoms. The van der Waals surface area contributed by atoms with Crippen molar-refractivity contribution in [2.75, 3.05) is 5.32 Å². The number of anilines is 1. The first-order chi connectivity index (χ1) is 11.9. The molecule has 0 saturated carbocycles. The van der Waals surface area contributed by atoms with Crippen molar-refractivity contribution >= 4 is 34.1 Å². The summed E-state index contributed by atoms with van der Waals surface area (Å²) in [5.41, 5.74) is 2.17. The van der Waals surface area contributed by atoms with Crippen molar-refractivity contribution in [3.8, 4) is 0 Å². The Hall–Kier alpha value is -2.66. The van der Waals surface area contributed by atoms with Crippen molar-refractivity contribution in [2.24, 2.45) is 0 Å². The van der Waals surface area contributed by atoms with E-state index in [2.05, 4.69) is 10.3 Å². The van der Waals surface area contributed by atoms with Gasteiger partial charge in [0.25, 0.3) is 5.56 Å². The maximum absolute atomic E-state index is 13.2. The Labute approximate surface area is 148 Å². The van der Waals surface area contributed by atoms with Crippen LogP contribution in [-0.2, 0) is 11.2 Å². The molecule has 2 N–H and O–H groups in total. The second kappa shape index (κ2) is 7.07. The van der Waals surface area contributed by atoms with Gasteiger partial charge in [0, 0.05) is 22.7 Å². The summed E-state index contributed by atoms with van der Waals surface area (Å²) in [5, 5.41) is 4.07. The number of benzene rings is 2. The molecule has 0 radical (unpaired) electrons. The lowest BCUT2D eigenvalue weighted by molar-refractivity contribution is -0.116. The second-order valence-electron chi connectivity index (χ2n) is 5.86. The molecule has 0 saturated heterocycles. The first-order valence-electron chi connectivity index (χ1n) is 7.80. The number of fused-ring (bicyclic) bond motifs is 1. The first kappa shape index (κ1) is 17.2. The average Bonchev–Trinajstić information content (AvgIpc) is 2.56. The van der Waals surface area contributed by atoms with E-state index in [9.17, 15) is 14.0 Å². The van der Waals surface area contributed by atoms with E-state index in [0.717, 1.165) is 10.9 Å². The van der Waals surface area contributed by atoms with E-state index < -0.39 is 5.82 Å². The monoisotopic (exact) mass is 358 g/mol. The van der Waals surface area contributed by atoms with Gasteiger partial charge in [-0.25, -0.2) is 4.39 Å². The third-order valence-electron chi connectivity index (χ3n) is 3.98. The number of rotatable bonds is 4. The van der Waals surface area contributed by atoms with Gasteiger partial charge in [-0.3, -0.25) is 9.59 Å². The van der Waals surface area contributed by atoms with Crippen molar-refractivity contribution in [3.05, 3.63) is 74.8 Å². The number of aromatic nitrogens is 1. The van der Waals surface area contributed by atoms with Gasteiger partial charge in [-0.2, -0.15) is 0 Å². The zero-order valence-corrected chi connectivity index (χ0v) is 14.3. The number of carbonyl (C=O) groups excluding carboxylic acids is 1. The van der Waals surface area contributed by atoms with Crippen LogP contribution in [0.15, 0.2) is 47.3 Å². The number of H-pyrrole nitrogens is 1. The molecule has 4 nitrogen and oxygen atoms in total. The minimum Gasteiger partial charge on any atom is -0.326 e. The van der Waals surface area contributed by atoms with E-state index in [4.69, 9.17) is 11.6 Å². The predicted octanol–water partition coefficient (Wildman–Crippen LogP) is 4.20. The van der Waals surface area contributed by atoms with Gasteiger partial charge >= 0.3 is 0 Å². The van der Waals surface area contributed by atoms with Gasteiger partial charge in [0.2, 0.25) is 5.91 Å². The minimum atomic E-state index is -0.410. The summed E-state index contributed by atoms with van der Waals surface area (Å²) >= 11 is 5.94. The Morgan fingerprint density at radius 3 is 2.80 bits per heavy atom. The number of pyridine rings is 1. The number of halogens is 2. The van der Waals surface area contributed by atoms with E-state index in [1.165, 1.54) is 12.1 Å². The molecule has 1 heterocycles. The molecule has 0 atom stereocenters. The molecule has 1 aromatic heterocycles. The van der Waals surface area contributed by atoms with Crippen LogP contribution in [0.5, 0.6) is 0 Å². The summed E-state index contributed by atoms with van der Waals surface area (Å²) in [6.45, 7) is 1.87. The fraction of sp³-hybridized carbons (Fsp3) is 0.158. The highest BCUT2D eigenvalue weighted by Crippen LogP contribution is 2.20. The number of hydrogen-bond donors (Lipinski definition) is 2. The standard InChI is InChI=1S/C19H16ClFN2O2/c1-11-2-5-14(20)9-16(11)22-18(24)7-4-13-8-12-3-6-15(21)10-17(12)23-19(13)25/h2-3,5-6,8-10H,4,7H2,1H3,(H,22,24)(H,23,25). The number of hydrogen-bond acceptors (Lipinski definition) is 2. The zero-order chi connectivity index (χ0) is 18.0. The van der Waals surface area contributed by atoms with Crippen molar-refractivity contribution in [2.45, 2.75) is 19.8 Å². The quantitative estimate of drug-likeness (QED) is 0.734. The van der Waals surface area contributed by atoms with Gasteiger partial charge in [0.05, 0.1) is 5.52 Å². The molecule has 1 amide bonds.